The molecule has 1 aromatic rings. The van der Waals surface area contributed by atoms with E-state index in [4.69, 9.17) is 9.47 Å². The van der Waals surface area contributed by atoms with E-state index in [1.807, 2.05) is 19.2 Å². The van der Waals surface area contributed by atoms with Gasteiger partial charge in [-0.2, -0.15) is 0 Å². The van der Waals surface area contributed by atoms with Gasteiger partial charge in [0.05, 0.1) is 7.11 Å². The SMILES string of the molecule is CC[C@]12c3c4ccc(OC)c3O[C@H]1[C@@H](O)C=C[C@H]2[C@H](NC)C4. The summed E-state index contributed by atoms with van der Waals surface area (Å²) in [6.07, 6.45) is 5.20. The van der Waals surface area contributed by atoms with Crippen molar-refractivity contribution in [3.05, 3.63) is 35.4 Å². The maximum atomic E-state index is 10.5. The van der Waals surface area contributed by atoms with Crippen LogP contribution in [-0.4, -0.2) is 37.5 Å². The lowest BCUT2D eigenvalue weighted by Crippen LogP contribution is -2.59. The molecule has 0 amide bonds. The molecular weight excluding hydrogens is 278 g/mol. The molecule has 0 saturated heterocycles. The van der Waals surface area contributed by atoms with E-state index in [-0.39, 0.29) is 11.5 Å². The van der Waals surface area contributed by atoms with Crippen LogP contribution in [0.1, 0.15) is 24.5 Å². The van der Waals surface area contributed by atoms with Gasteiger partial charge in [-0.3, -0.25) is 0 Å². The Balaban J connectivity index is 2.01. The highest BCUT2D eigenvalue weighted by Gasteiger charge is 2.61. The third-order valence-corrected chi connectivity index (χ3v) is 5.90. The molecule has 4 rings (SSSR count). The van der Waals surface area contributed by atoms with Crippen molar-refractivity contribution in [2.24, 2.45) is 5.92 Å². The molecular formula is C18H23NO3. The van der Waals surface area contributed by atoms with Crippen molar-refractivity contribution in [3.63, 3.8) is 0 Å². The molecule has 0 spiro atoms. The molecule has 118 valence electrons. The third-order valence-electron chi connectivity index (χ3n) is 5.90. The van der Waals surface area contributed by atoms with Crippen LogP contribution in [0.2, 0.25) is 0 Å². The van der Waals surface area contributed by atoms with E-state index in [1.54, 1.807) is 7.11 Å². The zero-order chi connectivity index (χ0) is 15.5. The number of rotatable bonds is 3. The first kappa shape index (κ1) is 14.1. The fraction of sp³-hybridized carbons (Fsp3) is 0.556. The van der Waals surface area contributed by atoms with E-state index in [2.05, 4.69) is 24.4 Å². The molecule has 0 aromatic heterocycles. The van der Waals surface area contributed by atoms with Gasteiger partial charge in [-0.1, -0.05) is 25.1 Å². The zero-order valence-electron chi connectivity index (χ0n) is 13.3. The Morgan fingerprint density at radius 3 is 2.91 bits per heavy atom. The van der Waals surface area contributed by atoms with Crippen LogP contribution >= 0.6 is 0 Å². The van der Waals surface area contributed by atoms with Gasteiger partial charge in [0.2, 0.25) is 0 Å². The molecule has 0 unspecified atom stereocenters. The number of ether oxygens (including phenoxy) is 2. The van der Waals surface area contributed by atoms with Gasteiger partial charge in [-0.05, 0) is 31.5 Å². The van der Waals surface area contributed by atoms with Gasteiger partial charge in [-0.25, -0.2) is 0 Å². The Hall–Kier alpha value is -1.52. The Kier molecular flexibility index (Phi) is 3.03. The highest BCUT2D eigenvalue weighted by molar-refractivity contribution is 5.61. The Morgan fingerprint density at radius 2 is 2.23 bits per heavy atom. The summed E-state index contributed by atoms with van der Waals surface area (Å²) in [5.41, 5.74) is 2.41. The second-order valence-corrected chi connectivity index (χ2v) is 6.56. The Morgan fingerprint density at radius 1 is 1.41 bits per heavy atom. The summed E-state index contributed by atoms with van der Waals surface area (Å²) in [7, 11) is 3.70. The predicted octanol–water partition coefficient (Wildman–Crippen LogP) is 1.79. The molecule has 0 saturated carbocycles. The summed E-state index contributed by atoms with van der Waals surface area (Å²) in [5, 5.41) is 14.0. The minimum Gasteiger partial charge on any atom is -0.493 e. The van der Waals surface area contributed by atoms with Crippen LogP contribution < -0.4 is 14.8 Å². The van der Waals surface area contributed by atoms with Crippen molar-refractivity contribution in [2.45, 2.75) is 43.4 Å². The second-order valence-electron chi connectivity index (χ2n) is 6.56. The number of benzene rings is 1. The summed E-state index contributed by atoms with van der Waals surface area (Å²) >= 11 is 0. The van der Waals surface area contributed by atoms with E-state index in [9.17, 15) is 5.11 Å². The molecule has 0 radical (unpaired) electrons. The van der Waals surface area contributed by atoms with Crippen molar-refractivity contribution in [2.75, 3.05) is 14.2 Å². The quantitative estimate of drug-likeness (QED) is 0.836. The summed E-state index contributed by atoms with van der Waals surface area (Å²) in [6, 6.07) is 4.51. The van der Waals surface area contributed by atoms with Gasteiger partial charge in [0.15, 0.2) is 11.5 Å². The number of likely N-dealkylation sites (N-methyl/N-ethyl adjacent to an activating group) is 1. The van der Waals surface area contributed by atoms with Gasteiger partial charge >= 0.3 is 0 Å². The standard InChI is InChI=1S/C18H23NO3/c1-4-18-11-6-7-13(20)17(18)22-16-14(21-3)8-5-10(15(16)18)9-12(11)19-2/h5-8,11-13,17,19-20H,4,9H2,1-3H3/t11-,12+,13-,17-,18-/m0/s1. The van der Waals surface area contributed by atoms with Gasteiger partial charge in [0.25, 0.3) is 0 Å². The van der Waals surface area contributed by atoms with Crippen LogP contribution in [0.25, 0.3) is 0 Å². The molecule has 2 N–H and O–H groups in total. The van der Waals surface area contributed by atoms with Gasteiger partial charge in [0, 0.05) is 22.9 Å². The van der Waals surface area contributed by atoms with Crippen molar-refractivity contribution in [1.82, 2.24) is 5.32 Å². The monoisotopic (exact) mass is 301 g/mol. The first-order valence-corrected chi connectivity index (χ1v) is 8.08. The first-order valence-electron chi connectivity index (χ1n) is 8.08. The number of aliphatic hydroxyl groups is 1. The summed E-state index contributed by atoms with van der Waals surface area (Å²) in [4.78, 5) is 0. The van der Waals surface area contributed by atoms with E-state index in [1.165, 1.54) is 11.1 Å². The van der Waals surface area contributed by atoms with E-state index in [0.29, 0.717) is 12.0 Å². The van der Waals surface area contributed by atoms with Gasteiger partial charge in [0.1, 0.15) is 12.2 Å². The molecule has 0 fully saturated rings. The third kappa shape index (κ3) is 1.49. The number of aliphatic hydroxyl groups excluding tert-OH is 1. The lowest BCUT2D eigenvalue weighted by molar-refractivity contribution is -0.00460. The molecule has 3 aliphatic rings. The number of methoxy groups -OCH3 is 1. The fourth-order valence-corrected chi connectivity index (χ4v) is 4.93. The predicted molar refractivity (Wildman–Crippen MR) is 84.6 cm³/mol. The molecule has 1 aliphatic heterocycles. The zero-order valence-corrected chi connectivity index (χ0v) is 13.3. The first-order chi connectivity index (χ1) is 10.7. The normalized spacial score (nSPS) is 37.6. The lowest BCUT2D eigenvalue weighted by Gasteiger charge is -2.49. The number of hydrogen-bond acceptors (Lipinski definition) is 4. The summed E-state index contributed by atoms with van der Waals surface area (Å²) in [5.74, 6) is 1.95. The second kappa shape index (κ2) is 4.74. The van der Waals surface area contributed by atoms with Crippen molar-refractivity contribution < 1.29 is 14.6 Å². The molecule has 4 nitrogen and oxygen atoms in total. The largest absolute Gasteiger partial charge is 0.493 e. The van der Waals surface area contributed by atoms with E-state index in [0.717, 1.165) is 24.3 Å². The average molecular weight is 301 g/mol. The summed E-state index contributed by atoms with van der Waals surface area (Å²) < 4.78 is 11.8. The average Bonchev–Trinajstić information content (AvgIpc) is 2.92. The number of hydrogen-bond donors (Lipinski definition) is 2. The lowest BCUT2D eigenvalue weighted by atomic mass is 9.55. The molecule has 1 aromatic carbocycles. The Labute approximate surface area is 131 Å². The molecule has 4 heteroatoms. The molecule has 2 aliphatic carbocycles. The number of nitrogens with one attached hydrogen (secondary N) is 1. The van der Waals surface area contributed by atoms with Crippen molar-refractivity contribution in [1.29, 1.82) is 0 Å². The van der Waals surface area contributed by atoms with Crippen LogP contribution in [0, 0.1) is 5.92 Å². The smallest absolute Gasteiger partial charge is 0.165 e. The highest BCUT2D eigenvalue weighted by Crippen LogP contribution is 2.60. The van der Waals surface area contributed by atoms with Crippen LogP contribution in [0.15, 0.2) is 24.3 Å². The van der Waals surface area contributed by atoms with Crippen molar-refractivity contribution in [3.8, 4) is 11.5 Å². The Bertz CT molecular complexity index is 641. The van der Waals surface area contributed by atoms with Gasteiger partial charge < -0.3 is 19.9 Å². The molecule has 0 bridgehead atoms. The van der Waals surface area contributed by atoms with E-state index < -0.39 is 6.10 Å². The minimum atomic E-state index is -0.572. The molecule has 1 heterocycles. The molecule has 5 atom stereocenters. The van der Waals surface area contributed by atoms with Crippen LogP contribution in [0.5, 0.6) is 11.5 Å². The maximum absolute atomic E-state index is 10.5. The van der Waals surface area contributed by atoms with E-state index >= 15 is 0 Å². The van der Waals surface area contributed by atoms with Crippen LogP contribution in [-0.2, 0) is 11.8 Å². The maximum Gasteiger partial charge on any atom is 0.165 e. The fourth-order valence-electron chi connectivity index (χ4n) is 4.93. The highest BCUT2D eigenvalue weighted by atomic mass is 16.5. The topological polar surface area (TPSA) is 50.7 Å². The van der Waals surface area contributed by atoms with Crippen LogP contribution in [0.3, 0.4) is 0 Å². The minimum absolute atomic E-state index is 0.167. The van der Waals surface area contributed by atoms with Crippen LogP contribution in [0.4, 0.5) is 0 Å². The van der Waals surface area contributed by atoms with Gasteiger partial charge in [-0.15, -0.1) is 0 Å². The summed E-state index contributed by atoms with van der Waals surface area (Å²) in [6.45, 7) is 2.20. The molecule has 22 heavy (non-hydrogen) atoms. The van der Waals surface area contributed by atoms with Crippen molar-refractivity contribution >= 4 is 0 Å².